The third kappa shape index (κ3) is 4.32. The fraction of sp³-hybridized carbons (Fsp3) is 0.571. The van der Waals surface area contributed by atoms with Gasteiger partial charge in [0.1, 0.15) is 0 Å². The zero-order chi connectivity index (χ0) is 18.5. The van der Waals surface area contributed by atoms with Gasteiger partial charge in [0.2, 0.25) is 11.7 Å². The van der Waals surface area contributed by atoms with Gasteiger partial charge < -0.3 is 5.32 Å². The highest BCUT2D eigenvalue weighted by molar-refractivity contribution is 5.94. The number of carbonyl (C=O) groups is 1. The second-order valence-corrected chi connectivity index (χ2v) is 7.63. The first-order valence-electron chi connectivity index (χ1n) is 9.79. The topological polar surface area (TPSA) is 68.0 Å². The number of rotatable bonds is 6. The zero-order valence-corrected chi connectivity index (χ0v) is 16.0. The highest BCUT2D eigenvalue weighted by Crippen LogP contribution is 2.33. The van der Waals surface area contributed by atoms with E-state index in [4.69, 9.17) is 4.63 Å². The summed E-state index contributed by atoms with van der Waals surface area (Å²) in [5.41, 5.74) is 3.77. The van der Waals surface area contributed by atoms with E-state index in [0.29, 0.717) is 11.5 Å². The van der Waals surface area contributed by atoms with Crippen molar-refractivity contribution in [2.45, 2.75) is 65.7 Å². The molecular weight excluding hydrogens is 326 g/mol. The third-order valence-corrected chi connectivity index (χ3v) is 5.56. The van der Waals surface area contributed by atoms with Crippen LogP contribution in [0.15, 0.2) is 22.8 Å². The van der Waals surface area contributed by atoms with E-state index in [1.807, 2.05) is 26.0 Å². The number of nitrogens with one attached hydrogen (secondary N) is 1. The molecule has 1 N–H and O–H groups in total. The van der Waals surface area contributed by atoms with Crippen LogP contribution in [0.2, 0.25) is 0 Å². The number of benzene rings is 1. The molecule has 0 saturated heterocycles. The van der Waals surface area contributed by atoms with Gasteiger partial charge in [-0.05, 0) is 67.4 Å². The van der Waals surface area contributed by atoms with Gasteiger partial charge in [0, 0.05) is 11.5 Å². The summed E-state index contributed by atoms with van der Waals surface area (Å²) in [6.45, 7) is 6.29. The second kappa shape index (κ2) is 8.47. The molecule has 1 aliphatic rings. The Labute approximate surface area is 155 Å². The van der Waals surface area contributed by atoms with E-state index in [2.05, 4.69) is 28.6 Å². The van der Waals surface area contributed by atoms with Gasteiger partial charge in [-0.2, -0.15) is 0 Å². The van der Waals surface area contributed by atoms with Gasteiger partial charge in [-0.3, -0.25) is 4.79 Å². The molecule has 1 aliphatic carbocycles. The monoisotopic (exact) mass is 355 g/mol. The van der Waals surface area contributed by atoms with Crippen LogP contribution in [0.25, 0.3) is 11.3 Å². The van der Waals surface area contributed by atoms with E-state index in [1.165, 1.54) is 19.3 Å². The summed E-state index contributed by atoms with van der Waals surface area (Å²) in [7, 11) is 0. The van der Waals surface area contributed by atoms with Gasteiger partial charge in [0.15, 0.2) is 5.69 Å². The van der Waals surface area contributed by atoms with Gasteiger partial charge in [-0.1, -0.05) is 43.9 Å². The molecule has 0 unspecified atom stereocenters. The highest BCUT2D eigenvalue weighted by atomic mass is 16.6. The number of anilines is 1. The first-order chi connectivity index (χ1) is 12.6. The number of unbranched alkanes of at least 4 members (excludes halogenated alkanes) is 1. The summed E-state index contributed by atoms with van der Waals surface area (Å²) in [5, 5.41) is 10.9. The number of aromatic nitrogens is 2. The highest BCUT2D eigenvalue weighted by Gasteiger charge is 2.27. The van der Waals surface area contributed by atoms with E-state index in [1.54, 1.807) is 0 Å². The minimum Gasteiger partial charge on any atom is -0.306 e. The largest absolute Gasteiger partial charge is 0.306 e. The van der Waals surface area contributed by atoms with Crippen molar-refractivity contribution in [1.29, 1.82) is 0 Å². The summed E-state index contributed by atoms with van der Waals surface area (Å²) in [5.74, 6) is 1.33. The van der Waals surface area contributed by atoms with Crippen molar-refractivity contribution in [3.05, 3.63) is 29.3 Å². The van der Waals surface area contributed by atoms with Crippen LogP contribution in [0.1, 0.15) is 63.0 Å². The van der Waals surface area contributed by atoms with E-state index in [9.17, 15) is 4.79 Å². The first-order valence-corrected chi connectivity index (χ1v) is 9.79. The van der Waals surface area contributed by atoms with Gasteiger partial charge in [0.25, 0.3) is 0 Å². The number of hydrogen-bond acceptors (Lipinski definition) is 4. The maximum atomic E-state index is 12.7. The van der Waals surface area contributed by atoms with Crippen LogP contribution in [0, 0.1) is 25.7 Å². The molecule has 5 nitrogen and oxygen atoms in total. The molecule has 2 aromatic rings. The predicted molar refractivity (Wildman–Crippen MR) is 103 cm³/mol. The molecule has 26 heavy (non-hydrogen) atoms. The standard InChI is InChI=1S/C21H29N3O2/c1-4-5-6-16-9-11-17(12-10-16)21(25)22-20-19(23-26-24-20)18-13-14(2)7-8-15(18)3/h7-8,13,16-17H,4-6,9-12H2,1-3H3,(H,22,24,25). The maximum absolute atomic E-state index is 12.7. The molecule has 3 rings (SSSR count). The summed E-state index contributed by atoms with van der Waals surface area (Å²) >= 11 is 0. The molecule has 0 aliphatic heterocycles. The van der Waals surface area contributed by atoms with Crippen LogP contribution in [-0.2, 0) is 4.79 Å². The Bertz CT molecular complexity index is 745. The van der Waals surface area contributed by atoms with Crippen molar-refractivity contribution in [2.24, 2.45) is 11.8 Å². The Kier molecular flexibility index (Phi) is 6.07. The lowest BCUT2D eigenvalue weighted by Gasteiger charge is -2.27. The zero-order valence-electron chi connectivity index (χ0n) is 16.0. The molecule has 1 fully saturated rings. The Balaban J connectivity index is 1.65. The first kappa shape index (κ1) is 18.6. The van der Waals surface area contributed by atoms with Gasteiger partial charge in [-0.15, -0.1) is 0 Å². The molecular formula is C21H29N3O2. The van der Waals surface area contributed by atoms with Crippen molar-refractivity contribution in [3.63, 3.8) is 0 Å². The van der Waals surface area contributed by atoms with E-state index in [0.717, 1.165) is 48.3 Å². The number of amides is 1. The van der Waals surface area contributed by atoms with Crippen LogP contribution in [-0.4, -0.2) is 16.2 Å². The Morgan fingerprint density at radius 2 is 1.96 bits per heavy atom. The van der Waals surface area contributed by atoms with Gasteiger partial charge in [0.05, 0.1) is 0 Å². The van der Waals surface area contributed by atoms with E-state index < -0.39 is 0 Å². The average Bonchev–Trinajstić information content (AvgIpc) is 3.10. The lowest BCUT2D eigenvalue weighted by molar-refractivity contribution is -0.121. The molecule has 0 atom stereocenters. The quantitative estimate of drug-likeness (QED) is 0.764. The summed E-state index contributed by atoms with van der Waals surface area (Å²) in [6.07, 6.45) is 8.08. The normalized spacial score (nSPS) is 20.1. The molecule has 5 heteroatoms. The summed E-state index contributed by atoms with van der Waals surface area (Å²) in [4.78, 5) is 12.7. The molecule has 0 radical (unpaired) electrons. The molecule has 140 valence electrons. The molecule has 0 spiro atoms. The van der Waals surface area contributed by atoms with Crippen molar-refractivity contribution in [2.75, 3.05) is 5.32 Å². The molecule has 1 aromatic heterocycles. The number of nitrogens with zero attached hydrogens (tertiary/aromatic N) is 2. The van der Waals surface area contributed by atoms with Crippen LogP contribution in [0.5, 0.6) is 0 Å². The fourth-order valence-corrected chi connectivity index (χ4v) is 3.86. The van der Waals surface area contributed by atoms with Crippen molar-refractivity contribution >= 4 is 11.7 Å². The fourth-order valence-electron chi connectivity index (χ4n) is 3.86. The van der Waals surface area contributed by atoms with Crippen LogP contribution >= 0.6 is 0 Å². The van der Waals surface area contributed by atoms with Crippen LogP contribution < -0.4 is 5.32 Å². The average molecular weight is 355 g/mol. The second-order valence-electron chi connectivity index (χ2n) is 7.63. The Hall–Kier alpha value is -2.17. The number of hydrogen-bond donors (Lipinski definition) is 1. The van der Waals surface area contributed by atoms with Crippen molar-refractivity contribution < 1.29 is 9.42 Å². The molecule has 1 heterocycles. The van der Waals surface area contributed by atoms with E-state index >= 15 is 0 Å². The lowest BCUT2D eigenvalue weighted by atomic mass is 9.79. The maximum Gasteiger partial charge on any atom is 0.228 e. The van der Waals surface area contributed by atoms with Gasteiger partial charge >= 0.3 is 0 Å². The number of aryl methyl sites for hydroxylation is 2. The van der Waals surface area contributed by atoms with Crippen molar-refractivity contribution in [1.82, 2.24) is 10.3 Å². The lowest BCUT2D eigenvalue weighted by Crippen LogP contribution is -2.27. The minimum atomic E-state index is 0.0428. The summed E-state index contributed by atoms with van der Waals surface area (Å²) < 4.78 is 4.93. The summed E-state index contributed by atoms with van der Waals surface area (Å²) in [6, 6.07) is 6.15. The number of carbonyl (C=O) groups excluding carboxylic acids is 1. The van der Waals surface area contributed by atoms with Crippen LogP contribution in [0.4, 0.5) is 5.82 Å². The predicted octanol–water partition coefficient (Wildman–Crippen LogP) is 5.29. The van der Waals surface area contributed by atoms with Crippen LogP contribution in [0.3, 0.4) is 0 Å². The van der Waals surface area contributed by atoms with Gasteiger partial charge in [-0.25, -0.2) is 4.63 Å². The minimum absolute atomic E-state index is 0.0428. The Morgan fingerprint density at radius 3 is 2.69 bits per heavy atom. The smallest absolute Gasteiger partial charge is 0.228 e. The SMILES string of the molecule is CCCCC1CCC(C(=O)Nc2nonc2-c2cc(C)ccc2C)CC1. The molecule has 1 aromatic carbocycles. The van der Waals surface area contributed by atoms with Crippen molar-refractivity contribution in [3.8, 4) is 11.3 Å². The molecule has 1 saturated carbocycles. The van der Waals surface area contributed by atoms with E-state index in [-0.39, 0.29) is 11.8 Å². The third-order valence-electron chi connectivity index (χ3n) is 5.56. The molecule has 1 amide bonds. The Morgan fingerprint density at radius 1 is 1.19 bits per heavy atom. The molecule has 0 bridgehead atoms.